The van der Waals surface area contributed by atoms with Crippen LogP contribution in [-0.2, 0) is 5.75 Å². The Morgan fingerprint density at radius 1 is 1.00 bits per heavy atom. The van der Waals surface area contributed by atoms with Crippen LogP contribution in [-0.4, -0.2) is 16.5 Å². The van der Waals surface area contributed by atoms with E-state index in [9.17, 15) is 0 Å². The number of aromatic nitrogens is 2. The third-order valence-corrected chi connectivity index (χ3v) is 5.17. The van der Waals surface area contributed by atoms with E-state index in [1.54, 1.807) is 23.5 Å². The van der Waals surface area contributed by atoms with Gasteiger partial charge in [-0.3, -0.25) is 0 Å². The van der Waals surface area contributed by atoms with Crippen LogP contribution < -0.4 is 0 Å². The zero-order valence-electron chi connectivity index (χ0n) is 13.1. The first-order valence-corrected chi connectivity index (χ1v) is 9.63. The Labute approximate surface area is 144 Å². The molecule has 1 heterocycles. The van der Waals surface area contributed by atoms with Gasteiger partial charge in [0.2, 0.25) is 5.89 Å². The molecule has 118 valence electrons. The lowest BCUT2D eigenvalue weighted by atomic mass is 10.0. The van der Waals surface area contributed by atoms with Gasteiger partial charge in [0.05, 0.1) is 11.0 Å². The highest BCUT2D eigenvalue weighted by Gasteiger charge is 2.20. The van der Waals surface area contributed by atoms with Crippen molar-refractivity contribution in [3.05, 3.63) is 77.2 Å². The Bertz CT molecular complexity index is 758. The second kappa shape index (κ2) is 7.70. The maximum atomic E-state index is 5.76. The topological polar surface area (TPSA) is 38.9 Å². The molecule has 1 atom stereocenters. The first-order chi connectivity index (χ1) is 11.3. The summed E-state index contributed by atoms with van der Waals surface area (Å²) in [4.78, 5) is 0. The van der Waals surface area contributed by atoms with Crippen LogP contribution in [0, 0.1) is 6.92 Å². The molecule has 0 N–H and O–H groups in total. The van der Waals surface area contributed by atoms with Crippen molar-refractivity contribution in [2.24, 2.45) is 0 Å². The number of rotatable bonds is 6. The highest BCUT2D eigenvalue weighted by molar-refractivity contribution is 7.99. The molecule has 0 bridgehead atoms. The zero-order valence-corrected chi connectivity index (χ0v) is 14.7. The van der Waals surface area contributed by atoms with E-state index in [0.29, 0.717) is 11.1 Å². The van der Waals surface area contributed by atoms with Gasteiger partial charge in [-0.2, -0.15) is 11.8 Å². The van der Waals surface area contributed by atoms with Crippen LogP contribution in [0.1, 0.15) is 27.8 Å². The molecule has 1 unspecified atom stereocenters. The molecule has 0 radical (unpaired) electrons. The highest BCUT2D eigenvalue weighted by atomic mass is 32.2. The summed E-state index contributed by atoms with van der Waals surface area (Å²) in [6, 6.07) is 18.9. The minimum absolute atomic E-state index is 0.139. The molecule has 0 saturated heterocycles. The number of aryl methyl sites for hydroxylation is 1. The van der Waals surface area contributed by atoms with Crippen LogP contribution >= 0.6 is 23.5 Å². The Kier molecular flexibility index (Phi) is 5.41. The largest absolute Gasteiger partial charge is 0.415 e. The van der Waals surface area contributed by atoms with Crippen molar-refractivity contribution in [1.29, 1.82) is 0 Å². The van der Waals surface area contributed by atoms with E-state index in [1.165, 1.54) is 16.7 Å². The molecule has 23 heavy (non-hydrogen) atoms. The average Bonchev–Trinajstić information content (AvgIpc) is 3.02. The molecule has 0 aliphatic rings. The number of hydrogen-bond acceptors (Lipinski definition) is 5. The number of hydrogen-bond donors (Lipinski definition) is 0. The first kappa shape index (κ1) is 16.1. The summed E-state index contributed by atoms with van der Waals surface area (Å²) in [6.07, 6.45) is 2.02. The second-order valence-corrected chi connectivity index (χ2v) is 7.08. The normalized spacial score (nSPS) is 12.3. The minimum Gasteiger partial charge on any atom is -0.415 e. The van der Waals surface area contributed by atoms with Gasteiger partial charge in [0, 0.05) is 0 Å². The molecule has 0 aliphatic heterocycles. The maximum Gasteiger partial charge on any atom is 0.277 e. The number of thioether (sulfide) groups is 2. The first-order valence-electron chi connectivity index (χ1n) is 7.36. The fourth-order valence-electron chi connectivity index (χ4n) is 2.39. The molecule has 2 aromatic carbocycles. The molecule has 3 nitrogen and oxygen atoms in total. The van der Waals surface area contributed by atoms with Gasteiger partial charge in [0.25, 0.3) is 5.22 Å². The van der Waals surface area contributed by atoms with E-state index >= 15 is 0 Å². The van der Waals surface area contributed by atoms with Gasteiger partial charge < -0.3 is 4.42 Å². The summed E-state index contributed by atoms with van der Waals surface area (Å²) in [5.41, 5.74) is 3.77. The molecule has 3 rings (SSSR count). The number of nitrogens with zero attached hydrogens (tertiary/aromatic N) is 2. The lowest BCUT2D eigenvalue weighted by Crippen LogP contribution is -1.99. The SMILES string of the molecule is CSCc1nnc(SC(c2ccccc2)c2ccccc2C)o1. The monoisotopic (exact) mass is 342 g/mol. The summed E-state index contributed by atoms with van der Waals surface area (Å²) in [5, 5.41) is 9.05. The summed E-state index contributed by atoms with van der Waals surface area (Å²) < 4.78 is 5.76. The minimum atomic E-state index is 0.139. The molecule has 0 fully saturated rings. The summed E-state index contributed by atoms with van der Waals surface area (Å²) in [5.74, 6) is 1.42. The van der Waals surface area contributed by atoms with E-state index in [-0.39, 0.29) is 5.25 Å². The van der Waals surface area contributed by atoms with Gasteiger partial charge in [-0.1, -0.05) is 66.4 Å². The van der Waals surface area contributed by atoms with Crippen LogP contribution in [0.5, 0.6) is 0 Å². The Morgan fingerprint density at radius 2 is 1.74 bits per heavy atom. The van der Waals surface area contributed by atoms with Crippen LogP contribution in [0.2, 0.25) is 0 Å². The molecule has 5 heteroatoms. The van der Waals surface area contributed by atoms with Gasteiger partial charge in [-0.15, -0.1) is 10.2 Å². The van der Waals surface area contributed by atoms with Crippen molar-refractivity contribution in [3.8, 4) is 0 Å². The average molecular weight is 342 g/mol. The third-order valence-electron chi connectivity index (χ3n) is 3.51. The summed E-state index contributed by atoms with van der Waals surface area (Å²) in [7, 11) is 0. The standard InChI is InChI=1S/C18H18N2OS2/c1-13-8-6-7-11-15(13)17(14-9-4-3-5-10-14)23-18-20-19-16(21-18)12-22-2/h3-11,17H,12H2,1-2H3. The predicted octanol–water partition coefficient (Wildman–Crippen LogP) is 5.12. The Balaban J connectivity index is 1.94. The molecule has 0 aliphatic carbocycles. The van der Waals surface area contributed by atoms with Crippen molar-refractivity contribution in [2.75, 3.05) is 6.26 Å². The van der Waals surface area contributed by atoms with Gasteiger partial charge >= 0.3 is 0 Å². The molecular weight excluding hydrogens is 324 g/mol. The van der Waals surface area contributed by atoms with Crippen LogP contribution in [0.4, 0.5) is 0 Å². The molecule has 0 saturated carbocycles. The molecule has 1 aromatic heterocycles. The maximum absolute atomic E-state index is 5.76. The second-order valence-electron chi connectivity index (χ2n) is 5.16. The van der Waals surface area contributed by atoms with Crippen molar-refractivity contribution >= 4 is 23.5 Å². The lowest BCUT2D eigenvalue weighted by molar-refractivity contribution is 0.426. The zero-order chi connectivity index (χ0) is 16.1. The van der Waals surface area contributed by atoms with E-state index in [4.69, 9.17) is 4.42 Å². The Hall–Kier alpha value is -1.72. The quantitative estimate of drug-likeness (QED) is 0.581. The Morgan fingerprint density at radius 3 is 2.48 bits per heavy atom. The van der Waals surface area contributed by atoms with Crippen LogP contribution in [0.15, 0.2) is 64.2 Å². The fourth-order valence-corrected chi connectivity index (χ4v) is 3.87. The van der Waals surface area contributed by atoms with Crippen molar-refractivity contribution in [2.45, 2.75) is 23.1 Å². The number of benzene rings is 2. The van der Waals surface area contributed by atoms with E-state index < -0.39 is 0 Å². The third kappa shape index (κ3) is 3.98. The fraction of sp³-hybridized carbons (Fsp3) is 0.222. The summed E-state index contributed by atoms with van der Waals surface area (Å²) >= 11 is 3.28. The van der Waals surface area contributed by atoms with Crippen molar-refractivity contribution < 1.29 is 4.42 Å². The van der Waals surface area contributed by atoms with Crippen molar-refractivity contribution in [1.82, 2.24) is 10.2 Å². The highest BCUT2D eigenvalue weighted by Crippen LogP contribution is 2.41. The van der Waals surface area contributed by atoms with Crippen molar-refractivity contribution in [3.63, 3.8) is 0 Å². The molecular formula is C18H18N2OS2. The van der Waals surface area contributed by atoms with Gasteiger partial charge in [0.1, 0.15) is 0 Å². The molecule has 0 spiro atoms. The van der Waals surface area contributed by atoms with Crippen LogP contribution in [0.25, 0.3) is 0 Å². The van der Waals surface area contributed by atoms with Gasteiger partial charge in [0.15, 0.2) is 0 Å². The molecule has 0 amide bonds. The van der Waals surface area contributed by atoms with Crippen LogP contribution in [0.3, 0.4) is 0 Å². The van der Waals surface area contributed by atoms with Gasteiger partial charge in [-0.05, 0) is 29.9 Å². The molecule has 3 aromatic rings. The lowest BCUT2D eigenvalue weighted by Gasteiger charge is -2.17. The predicted molar refractivity (Wildman–Crippen MR) is 96.8 cm³/mol. The van der Waals surface area contributed by atoms with E-state index in [0.717, 1.165) is 5.75 Å². The van der Waals surface area contributed by atoms with E-state index in [1.807, 2.05) is 12.3 Å². The smallest absolute Gasteiger partial charge is 0.277 e. The van der Waals surface area contributed by atoms with E-state index in [2.05, 4.69) is 65.7 Å². The summed E-state index contributed by atoms with van der Waals surface area (Å²) in [6.45, 7) is 2.14. The van der Waals surface area contributed by atoms with Gasteiger partial charge in [-0.25, -0.2) is 0 Å².